The average Bonchev–Trinajstić information content (AvgIpc) is 3.02. The largest absolute Gasteiger partial charge is 0.497 e. The molecular weight excluding hydrogens is 536 g/mol. The van der Waals surface area contributed by atoms with Crippen LogP contribution in [0.2, 0.25) is 5.04 Å². The van der Waals surface area contributed by atoms with Crippen LogP contribution >= 0.6 is 0 Å². The molecule has 1 heterocycles. The maximum Gasteiger partial charge on any atom is 0.261 e. The Labute approximate surface area is 251 Å². The van der Waals surface area contributed by atoms with Crippen molar-refractivity contribution in [1.82, 2.24) is 10.4 Å². The molecule has 4 aromatic rings. The molecular formula is C36H40N2O3Si. The Hall–Kier alpha value is -4.26. The molecule has 0 saturated carbocycles. The fourth-order valence-corrected chi connectivity index (χ4v) is 9.99. The maximum absolute atomic E-state index is 7.23. The molecule has 0 aromatic heterocycles. The molecule has 0 fully saturated rings. The van der Waals surface area contributed by atoms with Gasteiger partial charge in [-0.25, -0.2) is 0 Å². The van der Waals surface area contributed by atoms with Crippen LogP contribution in [0.3, 0.4) is 0 Å². The van der Waals surface area contributed by atoms with Crippen molar-refractivity contribution in [2.75, 3.05) is 13.7 Å². The first kappa shape index (κ1) is 29.2. The summed E-state index contributed by atoms with van der Waals surface area (Å²) in [5.74, 6) is 1.62. The molecule has 0 amide bonds. The Bertz CT molecular complexity index is 1440. The highest BCUT2D eigenvalue weighted by Gasteiger charge is 2.50. The maximum atomic E-state index is 7.23. The molecule has 4 aromatic carbocycles. The molecule has 5 nitrogen and oxygen atoms in total. The third-order valence-corrected chi connectivity index (χ3v) is 12.5. The van der Waals surface area contributed by atoms with Crippen molar-refractivity contribution in [3.8, 4) is 5.75 Å². The second-order valence-electron chi connectivity index (χ2n) is 11.5. The molecule has 0 bridgehead atoms. The van der Waals surface area contributed by atoms with E-state index in [9.17, 15) is 0 Å². The Morgan fingerprint density at radius 3 is 1.81 bits per heavy atom. The van der Waals surface area contributed by atoms with Crippen LogP contribution < -0.4 is 20.5 Å². The van der Waals surface area contributed by atoms with Crippen LogP contribution in [0.4, 0.5) is 0 Å². The Kier molecular flexibility index (Phi) is 9.15. The minimum absolute atomic E-state index is 0.115. The van der Waals surface area contributed by atoms with Crippen LogP contribution in [0.5, 0.6) is 5.75 Å². The predicted molar refractivity (Wildman–Crippen MR) is 173 cm³/mol. The number of nitrogens with zero attached hydrogens (tertiary/aromatic N) is 1. The minimum Gasteiger partial charge on any atom is -0.497 e. The first-order chi connectivity index (χ1) is 20.4. The molecule has 216 valence electrons. The van der Waals surface area contributed by atoms with Crippen molar-refractivity contribution in [3.63, 3.8) is 0 Å². The molecule has 6 heteroatoms. The predicted octanol–water partition coefficient (Wildman–Crippen LogP) is 6.53. The lowest BCUT2D eigenvalue weighted by atomic mass is 10.2. The summed E-state index contributed by atoms with van der Waals surface area (Å²) in [7, 11) is -1.02. The van der Waals surface area contributed by atoms with Gasteiger partial charge in [0.25, 0.3) is 8.32 Å². The quantitative estimate of drug-likeness (QED) is 0.206. The molecule has 0 spiro atoms. The van der Waals surface area contributed by atoms with E-state index >= 15 is 0 Å². The van der Waals surface area contributed by atoms with E-state index in [1.165, 1.54) is 10.4 Å². The minimum atomic E-state index is -2.71. The zero-order chi connectivity index (χ0) is 29.4. The number of methoxy groups -OCH3 is 1. The standard InChI is InChI=1S/C36H40N2O3Si/c1-36(2,3)42(34-16-10-6-11-17-34,35-18-12-7-13-19-35)41-28-31-24-33(40-27-30-14-8-5-9-15-30)26-38(37-31)25-29-20-22-32(39-4)23-21-29/h5-24,26,37H,25,27-28H2,1-4H3. The molecule has 0 saturated heterocycles. The van der Waals surface area contributed by atoms with Crippen molar-refractivity contribution in [2.24, 2.45) is 0 Å². The van der Waals surface area contributed by atoms with E-state index in [4.69, 9.17) is 13.9 Å². The average molecular weight is 577 g/mol. The van der Waals surface area contributed by atoms with Crippen molar-refractivity contribution < 1.29 is 13.9 Å². The summed E-state index contributed by atoms with van der Waals surface area (Å²) in [6.45, 7) is 8.45. The van der Waals surface area contributed by atoms with Gasteiger partial charge in [-0.3, -0.25) is 5.01 Å². The van der Waals surface area contributed by atoms with Gasteiger partial charge < -0.3 is 19.3 Å². The molecule has 0 atom stereocenters. The highest BCUT2D eigenvalue weighted by molar-refractivity contribution is 6.99. The third kappa shape index (κ3) is 6.78. The summed E-state index contributed by atoms with van der Waals surface area (Å²) < 4.78 is 18.9. The van der Waals surface area contributed by atoms with Gasteiger partial charge in [0.1, 0.15) is 18.1 Å². The number of hydrazine groups is 1. The second kappa shape index (κ2) is 13.1. The van der Waals surface area contributed by atoms with Gasteiger partial charge in [-0.15, -0.1) is 0 Å². The van der Waals surface area contributed by atoms with E-state index in [0.717, 1.165) is 28.3 Å². The number of allylic oxidation sites excluding steroid dienone is 1. The van der Waals surface area contributed by atoms with E-state index in [1.54, 1.807) is 7.11 Å². The molecule has 0 unspecified atom stereocenters. The molecule has 1 aliphatic rings. The molecule has 42 heavy (non-hydrogen) atoms. The Morgan fingerprint density at radius 2 is 1.26 bits per heavy atom. The number of benzene rings is 4. The first-order valence-electron chi connectivity index (χ1n) is 14.4. The number of ether oxygens (including phenoxy) is 2. The SMILES string of the molecule is COc1ccc(CN2C=C(OCc3ccccc3)C=C(CO[Si](c3ccccc3)(c3ccccc3)C(C)(C)C)N2)cc1. The van der Waals surface area contributed by atoms with Crippen LogP contribution in [-0.2, 0) is 22.3 Å². The summed E-state index contributed by atoms with van der Waals surface area (Å²) in [6, 6.07) is 39.8. The molecule has 0 radical (unpaired) electrons. The number of nitrogens with one attached hydrogen (secondary N) is 1. The van der Waals surface area contributed by atoms with Gasteiger partial charge in [-0.1, -0.05) is 124 Å². The summed E-state index contributed by atoms with van der Waals surface area (Å²) in [5, 5.41) is 4.46. The van der Waals surface area contributed by atoms with Gasteiger partial charge >= 0.3 is 0 Å². The topological polar surface area (TPSA) is 43.0 Å². The van der Waals surface area contributed by atoms with Crippen LogP contribution in [0.25, 0.3) is 0 Å². The van der Waals surface area contributed by atoms with E-state index < -0.39 is 8.32 Å². The fraction of sp³-hybridized carbons (Fsp3) is 0.222. The van der Waals surface area contributed by atoms with E-state index in [1.807, 2.05) is 36.5 Å². The Morgan fingerprint density at radius 1 is 0.690 bits per heavy atom. The first-order valence-corrected chi connectivity index (χ1v) is 16.3. The summed E-state index contributed by atoms with van der Waals surface area (Å²) in [5.41, 5.74) is 6.81. The third-order valence-electron chi connectivity index (χ3n) is 7.51. The highest BCUT2D eigenvalue weighted by Crippen LogP contribution is 2.37. The number of hydrogen-bond acceptors (Lipinski definition) is 5. The van der Waals surface area contributed by atoms with E-state index in [0.29, 0.717) is 19.8 Å². The second-order valence-corrected chi connectivity index (χ2v) is 15.8. The smallest absolute Gasteiger partial charge is 0.261 e. The van der Waals surface area contributed by atoms with Crippen molar-refractivity contribution in [1.29, 1.82) is 0 Å². The zero-order valence-electron chi connectivity index (χ0n) is 24.9. The Balaban J connectivity index is 1.44. The molecule has 1 aliphatic heterocycles. The van der Waals surface area contributed by atoms with Crippen molar-refractivity contribution in [3.05, 3.63) is 150 Å². The van der Waals surface area contributed by atoms with Crippen molar-refractivity contribution in [2.45, 2.75) is 39.0 Å². The van der Waals surface area contributed by atoms with Gasteiger partial charge in [0.2, 0.25) is 0 Å². The lowest BCUT2D eigenvalue weighted by Crippen LogP contribution is -2.66. The summed E-state index contributed by atoms with van der Waals surface area (Å²) in [4.78, 5) is 0. The van der Waals surface area contributed by atoms with Crippen LogP contribution in [-0.4, -0.2) is 27.0 Å². The van der Waals surface area contributed by atoms with E-state index in [-0.39, 0.29) is 5.04 Å². The van der Waals surface area contributed by atoms with Gasteiger partial charge in [0.15, 0.2) is 0 Å². The van der Waals surface area contributed by atoms with Crippen LogP contribution in [0.1, 0.15) is 31.9 Å². The number of hydrogen-bond donors (Lipinski definition) is 1. The monoisotopic (exact) mass is 576 g/mol. The fourth-order valence-electron chi connectivity index (χ4n) is 5.47. The lowest BCUT2D eigenvalue weighted by molar-refractivity contribution is 0.178. The van der Waals surface area contributed by atoms with E-state index in [2.05, 4.69) is 122 Å². The summed E-state index contributed by atoms with van der Waals surface area (Å²) in [6.07, 6.45) is 4.07. The van der Waals surface area contributed by atoms with Gasteiger partial charge in [0, 0.05) is 6.08 Å². The lowest BCUT2D eigenvalue weighted by Gasteiger charge is -2.43. The normalized spacial score (nSPS) is 13.6. The highest BCUT2D eigenvalue weighted by atomic mass is 28.4. The molecule has 0 aliphatic carbocycles. The van der Waals surface area contributed by atoms with Gasteiger partial charge in [0.05, 0.1) is 32.2 Å². The number of rotatable bonds is 11. The zero-order valence-corrected chi connectivity index (χ0v) is 25.9. The molecule has 5 rings (SSSR count). The van der Waals surface area contributed by atoms with Crippen LogP contribution in [0.15, 0.2) is 139 Å². The van der Waals surface area contributed by atoms with Gasteiger partial charge in [-0.2, -0.15) is 0 Å². The molecule has 1 N–H and O–H groups in total. The summed E-state index contributed by atoms with van der Waals surface area (Å²) >= 11 is 0. The van der Waals surface area contributed by atoms with Gasteiger partial charge in [-0.05, 0) is 38.7 Å². The van der Waals surface area contributed by atoms with Crippen LogP contribution in [0, 0.1) is 0 Å². The van der Waals surface area contributed by atoms with Crippen molar-refractivity contribution >= 4 is 18.7 Å².